The Morgan fingerprint density at radius 2 is 2.57 bits per heavy atom. The second-order valence-electron chi connectivity index (χ2n) is 3.91. The summed E-state index contributed by atoms with van der Waals surface area (Å²) in [6.07, 6.45) is 7.69. The van der Waals surface area contributed by atoms with Crippen LogP contribution in [-0.4, -0.2) is 22.6 Å². The van der Waals surface area contributed by atoms with Crippen LogP contribution in [-0.2, 0) is 6.54 Å². The molecule has 4 heteroatoms. The first-order valence-electron chi connectivity index (χ1n) is 5.22. The van der Waals surface area contributed by atoms with E-state index in [1.165, 1.54) is 32.4 Å². The first-order chi connectivity index (χ1) is 6.86. The second-order valence-corrected chi connectivity index (χ2v) is 4.72. The van der Waals surface area contributed by atoms with Crippen LogP contribution in [0, 0.1) is 5.92 Å². The Balaban J connectivity index is 1.79. The topological polar surface area (TPSA) is 29.9 Å². The highest BCUT2D eigenvalue weighted by atomic mass is 79.9. The fourth-order valence-corrected chi connectivity index (χ4v) is 2.35. The van der Waals surface area contributed by atoms with Crippen molar-refractivity contribution in [2.75, 3.05) is 13.1 Å². The van der Waals surface area contributed by atoms with E-state index in [1.54, 1.807) is 0 Å². The predicted octanol–water partition coefficient (Wildman–Crippen LogP) is 2.04. The first kappa shape index (κ1) is 10.2. The molecule has 0 bridgehead atoms. The van der Waals surface area contributed by atoms with Crippen LogP contribution in [0.3, 0.4) is 0 Å². The normalized spacial score (nSPS) is 22.5. The molecule has 0 amide bonds. The molecule has 2 heterocycles. The van der Waals surface area contributed by atoms with E-state index in [-0.39, 0.29) is 0 Å². The molecule has 2 rings (SSSR count). The number of rotatable bonds is 3. The molecule has 1 aliphatic rings. The monoisotopic (exact) mass is 257 g/mol. The zero-order valence-corrected chi connectivity index (χ0v) is 9.83. The summed E-state index contributed by atoms with van der Waals surface area (Å²) in [5.74, 6) is 0.845. The number of hydrogen-bond donors (Lipinski definition) is 1. The van der Waals surface area contributed by atoms with Crippen molar-refractivity contribution in [1.29, 1.82) is 0 Å². The van der Waals surface area contributed by atoms with E-state index in [0.29, 0.717) is 0 Å². The molecule has 1 aromatic heterocycles. The van der Waals surface area contributed by atoms with Crippen LogP contribution in [0.25, 0.3) is 0 Å². The maximum atomic E-state index is 4.09. The molecule has 0 saturated carbocycles. The van der Waals surface area contributed by atoms with Gasteiger partial charge in [-0.1, -0.05) is 0 Å². The summed E-state index contributed by atoms with van der Waals surface area (Å²) in [4.78, 5) is 4.09. The number of nitrogens with one attached hydrogen (secondary N) is 1. The molecule has 1 atom stereocenters. The van der Waals surface area contributed by atoms with E-state index in [0.717, 1.165) is 17.1 Å². The Morgan fingerprint density at radius 1 is 1.64 bits per heavy atom. The van der Waals surface area contributed by atoms with Crippen molar-refractivity contribution < 1.29 is 0 Å². The molecule has 1 aliphatic heterocycles. The van der Waals surface area contributed by atoms with Gasteiger partial charge in [0.15, 0.2) is 0 Å². The molecule has 1 fully saturated rings. The standard InChI is InChI=1S/C10H16BrN3/c11-10-7-13-8-14(10)5-3-9-2-1-4-12-6-9/h7-9,12H,1-6H2. The van der Waals surface area contributed by atoms with Gasteiger partial charge in [-0.3, -0.25) is 0 Å². The van der Waals surface area contributed by atoms with Crippen LogP contribution in [0.15, 0.2) is 17.1 Å². The maximum absolute atomic E-state index is 4.09. The van der Waals surface area contributed by atoms with Crippen molar-refractivity contribution in [3.8, 4) is 0 Å². The van der Waals surface area contributed by atoms with Crippen molar-refractivity contribution in [3.05, 3.63) is 17.1 Å². The SMILES string of the molecule is Brc1cncn1CCC1CCCNC1. The number of imidazole rings is 1. The Bertz CT molecular complexity index is 279. The molecular weight excluding hydrogens is 242 g/mol. The fraction of sp³-hybridized carbons (Fsp3) is 0.700. The summed E-state index contributed by atoms with van der Waals surface area (Å²) in [5, 5.41) is 3.44. The highest BCUT2D eigenvalue weighted by Crippen LogP contribution is 2.16. The van der Waals surface area contributed by atoms with Gasteiger partial charge in [0.1, 0.15) is 4.60 Å². The number of aryl methyl sites for hydroxylation is 1. The van der Waals surface area contributed by atoms with Crippen molar-refractivity contribution in [2.24, 2.45) is 5.92 Å². The van der Waals surface area contributed by atoms with E-state index in [2.05, 4.69) is 30.8 Å². The number of halogens is 1. The molecule has 14 heavy (non-hydrogen) atoms. The third-order valence-electron chi connectivity index (χ3n) is 2.84. The summed E-state index contributed by atoms with van der Waals surface area (Å²) in [6, 6.07) is 0. The lowest BCUT2D eigenvalue weighted by atomic mass is 9.96. The molecule has 0 radical (unpaired) electrons. The smallest absolute Gasteiger partial charge is 0.104 e. The lowest BCUT2D eigenvalue weighted by Gasteiger charge is -2.22. The molecule has 0 spiro atoms. The van der Waals surface area contributed by atoms with Crippen molar-refractivity contribution >= 4 is 15.9 Å². The van der Waals surface area contributed by atoms with E-state index in [1.807, 2.05) is 12.5 Å². The highest BCUT2D eigenvalue weighted by Gasteiger charge is 2.12. The van der Waals surface area contributed by atoms with E-state index in [4.69, 9.17) is 0 Å². The minimum Gasteiger partial charge on any atom is -0.325 e. The van der Waals surface area contributed by atoms with Gasteiger partial charge >= 0.3 is 0 Å². The average Bonchev–Trinajstić information content (AvgIpc) is 2.63. The summed E-state index contributed by atoms with van der Waals surface area (Å²) < 4.78 is 3.25. The zero-order valence-electron chi connectivity index (χ0n) is 8.25. The molecule has 1 unspecified atom stereocenters. The van der Waals surface area contributed by atoms with Crippen LogP contribution in [0.2, 0.25) is 0 Å². The van der Waals surface area contributed by atoms with Gasteiger partial charge in [0, 0.05) is 6.54 Å². The number of nitrogens with zero attached hydrogens (tertiary/aromatic N) is 2. The highest BCUT2D eigenvalue weighted by molar-refractivity contribution is 9.10. The van der Waals surface area contributed by atoms with Crippen LogP contribution in [0.5, 0.6) is 0 Å². The lowest BCUT2D eigenvalue weighted by Crippen LogP contribution is -2.30. The lowest BCUT2D eigenvalue weighted by molar-refractivity contribution is 0.341. The molecule has 0 aromatic carbocycles. The Morgan fingerprint density at radius 3 is 3.21 bits per heavy atom. The van der Waals surface area contributed by atoms with Crippen molar-refractivity contribution in [1.82, 2.24) is 14.9 Å². The van der Waals surface area contributed by atoms with Crippen LogP contribution < -0.4 is 5.32 Å². The first-order valence-corrected chi connectivity index (χ1v) is 6.02. The van der Waals surface area contributed by atoms with E-state index in [9.17, 15) is 0 Å². The van der Waals surface area contributed by atoms with Crippen LogP contribution >= 0.6 is 15.9 Å². The molecule has 1 saturated heterocycles. The number of piperidine rings is 1. The van der Waals surface area contributed by atoms with Crippen LogP contribution in [0.1, 0.15) is 19.3 Å². The predicted molar refractivity (Wildman–Crippen MR) is 60.1 cm³/mol. The minimum atomic E-state index is 0.845. The van der Waals surface area contributed by atoms with Crippen molar-refractivity contribution in [3.63, 3.8) is 0 Å². The van der Waals surface area contributed by atoms with Gasteiger partial charge in [0.05, 0.1) is 12.5 Å². The van der Waals surface area contributed by atoms with Gasteiger partial charge in [0.2, 0.25) is 0 Å². The molecule has 3 nitrogen and oxygen atoms in total. The zero-order chi connectivity index (χ0) is 9.80. The van der Waals surface area contributed by atoms with Gasteiger partial charge in [-0.15, -0.1) is 0 Å². The quantitative estimate of drug-likeness (QED) is 0.899. The largest absolute Gasteiger partial charge is 0.325 e. The van der Waals surface area contributed by atoms with E-state index >= 15 is 0 Å². The molecule has 0 aliphatic carbocycles. The van der Waals surface area contributed by atoms with Crippen LogP contribution in [0.4, 0.5) is 0 Å². The minimum absolute atomic E-state index is 0.845. The summed E-state index contributed by atoms with van der Waals surface area (Å²) in [5.41, 5.74) is 0. The van der Waals surface area contributed by atoms with E-state index < -0.39 is 0 Å². The number of aromatic nitrogens is 2. The Labute approximate surface area is 93.0 Å². The third kappa shape index (κ3) is 2.58. The van der Waals surface area contributed by atoms with Gasteiger partial charge in [-0.2, -0.15) is 0 Å². The summed E-state index contributed by atoms with van der Waals surface area (Å²) in [6.45, 7) is 3.46. The molecule has 1 N–H and O–H groups in total. The molecular formula is C10H16BrN3. The van der Waals surface area contributed by atoms with Gasteiger partial charge in [0.25, 0.3) is 0 Å². The average molecular weight is 258 g/mol. The molecule has 78 valence electrons. The summed E-state index contributed by atoms with van der Waals surface area (Å²) in [7, 11) is 0. The summed E-state index contributed by atoms with van der Waals surface area (Å²) >= 11 is 3.48. The van der Waals surface area contributed by atoms with Crippen molar-refractivity contribution in [2.45, 2.75) is 25.8 Å². The maximum Gasteiger partial charge on any atom is 0.104 e. The van der Waals surface area contributed by atoms with Gasteiger partial charge in [-0.25, -0.2) is 4.98 Å². The van der Waals surface area contributed by atoms with Gasteiger partial charge in [-0.05, 0) is 54.2 Å². The Hall–Kier alpha value is -0.350. The second kappa shape index (κ2) is 4.94. The number of hydrogen-bond acceptors (Lipinski definition) is 2. The third-order valence-corrected chi connectivity index (χ3v) is 3.50. The fourth-order valence-electron chi connectivity index (χ4n) is 1.96. The van der Waals surface area contributed by atoms with Gasteiger partial charge < -0.3 is 9.88 Å². The molecule has 1 aromatic rings. The Kier molecular flexibility index (Phi) is 3.59.